The van der Waals surface area contributed by atoms with Crippen molar-refractivity contribution in [2.45, 2.75) is 19.8 Å². The zero-order valence-electron chi connectivity index (χ0n) is 14.2. The molecule has 6 heteroatoms. The first kappa shape index (κ1) is 17.1. The molecule has 1 aromatic carbocycles. The number of hydrogen-bond donors (Lipinski definition) is 0. The molecular formula is C19H19N3O2S. The molecule has 0 aliphatic rings. The summed E-state index contributed by atoms with van der Waals surface area (Å²) in [6.07, 6.45) is 1.67. The molecule has 128 valence electrons. The first-order valence-electron chi connectivity index (χ1n) is 8.00. The number of rotatable bonds is 6. The van der Waals surface area contributed by atoms with Gasteiger partial charge in [-0.1, -0.05) is 55.4 Å². The van der Waals surface area contributed by atoms with E-state index in [0.717, 1.165) is 11.3 Å². The van der Waals surface area contributed by atoms with Crippen LogP contribution in [0.3, 0.4) is 0 Å². The lowest BCUT2D eigenvalue weighted by Crippen LogP contribution is -2.31. The largest absolute Gasteiger partial charge is 0.360 e. The van der Waals surface area contributed by atoms with Gasteiger partial charge in [-0.05, 0) is 0 Å². The Morgan fingerprint density at radius 1 is 1.36 bits per heavy atom. The number of amides is 1. The summed E-state index contributed by atoms with van der Waals surface area (Å²) in [5.74, 6) is 0.613. The lowest BCUT2D eigenvalue weighted by atomic mass is 10.1. The smallest absolute Gasteiger partial charge is 0.282 e. The normalized spacial score (nSPS) is 10.8. The summed E-state index contributed by atoms with van der Waals surface area (Å²) < 4.78 is 5.25. The highest BCUT2D eigenvalue weighted by Crippen LogP contribution is 2.28. The van der Waals surface area contributed by atoms with Gasteiger partial charge in [0.25, 0.3) is 5.91 Å². The predicted molar refractivity (Wildman–Crippen MR) is 100 cm³/mol. The van der Waals surface area contributed by atoms with Crippen molar-refractivity contribution in [2.75, 3.05) is 11.4 Å². The third-order valence-corrected chi connectivity index (χ3v) is 4.53. The average Bonchev–Trinajstić information content (AvgIpc) is 3.29. The number of nitrogens with zero attached hydrogens (tertiary/aromatic N) is 3. The van der Waals surface area contributed by atoms with Crippen molar-refractivity contribution in [3.05, 3.63) is 65.9 Å². The van der Waals surface area contributed by atoms with Crippen LogP contribution in [0, 0.1) is 0 Å². The van der Waals surface area contributed by atoms with Gasteiger partial charge in [0.15, 0.2) is 10.8 Å². The molecule has 2 aromatic heterocycles. The van der Waals surface area contributed by atoms with Crippen molar-refractivity contribution in [1.82, 2.24) is 10.1 Å². The van der Waals surface area contributed by atoms with Crippen LogP contribution in [0.15, 0.2) is 59.0 Å². The number of aromatic nitrogens is 2. The zero-order valence-corrected chi connectivity index (χ0v) is 15.0. The van der Waals surface area contributed by atoms with Crippen LogP contribution in [0.2, 0.25) is 0 Å². The molecule has 0 aliphatic heterocycles. The molecule has 0 bridgehead atoms. The molecule has 1 amide bonds. The molecule has 0 N–H and O–H groups in total. The second-order valence-electron chi connectivity index (χ2n) is 5.86. The number of carbonyl (C=O) groups is 1. The van der Waals surface area contributed by atoms with Crippen LogP contribution in [-0.4, -0.2) is 22.6 Å². The Bertz CT molecular complexity index is 868. The minimum Gasteiger partial charge on any atom is -0.360 e. The zero-order chi connectivity index (χ0) is 17.8. The molecule has 0 spiro atoms. The molecule has 0 saturated carbocycles. The average molecular weight is 353 g/mol. The third-order valence-electron chi connectivity index (χ3n) is 3.67. The highest BCUT2D eigenvalue weighted by molar-refractivity contribution is 7.14. The molecule has 0 radical (unpaired) electrons. The van der Waals surface area contributed by atoms with Crippen molar-refractivity contribution >= 4 is 22.4 Å². The van der Waals surface area contributed by atoms with E-state index in [-0.39, 0.29) is 17.5 Å². The Hall–Kier alpha value is -2.73. The lowest BCUT2D eigenvalue weighted by Gasteiger charge is -2.16. The summed E-state index contributed by atoms with van der Waals surface area (Å²) in [7, 11) is 0. The minimum atomic E-state index is -0.246. The Morgan fingerprint density at radius 3 is 2.76 bits per heavy atom. The number of anilines is 1. The van der Waals surface area contributed by atoms with Crippen LogP contribution in [-0.2, 0) is 0 Å². The van der Waals surface area contributed by atoms with Crippen LogP contribution in [0.1, 0.15) is 36.0 Å². The van der Waals surface area contributed by atoms with Gasteiger partial charge in [0.1, 0.15) is 5.76 Å². The Morgan fingerprint density at radius 2 is 2.12 bits per heavy atom. The second kappa shape index (κ2) is 7.44. The summed E-state index contributed by atoms with van der Waals surface area (Å²) in [6, 6.07) is 11.6. The molecule has 3 rings (SSSR count). The molecule has 0 fully saturated rings. The van der Waals surface area contributed by atoms with Crippen LogP contribution < -0.4 is 4.90 Å². The van der Waals surface area contributed by atoms with E-state index in [1.165, 1.54) is 11.3 Å². The van der Waals surface area contributed by atoms with E-state index in [2.05, 4.69) is 16.7 Å². The van der Waals surface area contributed by atoms with Crippen molar-refractivity contribution < 1.29 is 9.32 Å². The van der Waals surface area contributed by atoms with Gasteiger partial charge in [0.05, 0.1) is 5.69 Å². The van der Waals surface area contributed by atoms with E-state index in [0.29, 0.717) is 17.4 Å². The Balaban J connectivity index is 1.89. The number of benzene rings is 1. The van der Waals surface area contributed by atoms with Crippen LogP contribution >= 0.6 is 11.3 Å². The fraction of sp³-hybridized carbons (Fsp3) is 0.211. The number of thiazole rings is 1. The van der Waals surface area contributed by atoms with E-state index in [4.69, 9.17) is 4.52 Å². The fourth-order valence-corrected chi connectivity index (χ4v) is 3.15. The van der Waals surface area contributed by atoms with Gasteiger partial charge in [0, 0.05) is 29.5 Å². The molecule has 5 nitrogen and oxygen atoms in total. The summed E-state index contributed by atoms with van der Waals surface area (Å²) in [6.45, 7) is 8.07. The Kier molecular flexibility index (Phi) is 5.09. The van der Waals surface area contributed by atoms with Gasteiger partial charge in [-0.3, -0.25) is 9.69 Å². The third kappa shape index (κ3) is 3.69. The number of carbonyl (C=O) groups excluding carboxylic acids is 1. The summed E-state index contributed by atoms with van der Waals surface area (Å²) >= 11 is 1.42. The Labute approximate surface area is 150 Å². The highest BCUT2D eigenvalue weighted by atomic mass is 32.1. The maximum Gasteiger partial charge on any atom is 0.282 e. The van der Waals surface area contributed by atoms with Gasteiger partial charge >= 0.3 is 0 Å². The molecule has 2 heterocycles. The van der Waals surface area contributed by atoms with Crippen molar-refractivity contribution in [3.8, 4) is 11.3 Å². The standard InChI is InChI=1S/C19H19N3O2S/c1-4-10-22(18(23)15-11-17(13(2)3)24-21-15)19-20-16(12-25-19)14-8-6-5-7-9-14/h4-9,11-13H,1,10H2,2-3H3. The van der Waals surface area contributed by atoms with Crippen LogP contribution in [0.25, 0.3) is 11.3 Å². The van der Waals surface area contributed by atoms with Gasteiger partial charge in [-0.15, -0.1) is 17.9 Å². The first-order chi connectivity index (χ1) is 12.1. The van der Waals surface area contributed by atoms with Gasteiger partial charge in [-0.2, -0.15) is 0 Å². The summed E-state index contributed by atoms with van der Waals surface area (Å²) in [5.41, 5.74) is 2.13. The molecule has 0 saturated heterocycles. The second-order valence-corrected chi connectivity index (χ2v) is 6.69. The van der Waals surface area contributed by atoms with Gasteiger partial charge in [-0.25, -0.2) is 4.98 Å². The predicted octanol–water partition coefficient (Wildman–Crippen LogP) is 4.75. The van der Waals surface area contributed by atoms with E-state index in [9.17, 15) is 4.79 Å². The van der Waals surface area contributed by atoms with Gasteiger partial charge < -0.3 is 4.52 Å². The maximum atomic E-state index is 12.8. The minimum absolute atomic E-state index is 0.173. The quantitative estimate of drug-likeness (QED) is 0.600. The maximum absolute atomic E-state index is 12.8. The van der Waals surface area contributed by atoms with Gasteiger partial charge in [0.2, 0.25) is 0 Å². The topological polar surface area (TPSA) is 59.2 Å². The van der Waals surface area contributed by atoms with E-state index < -0.39 is 0 Å². The lowest BCUT2D eigenvalue weighted by molar-refractivity contribution is 0.0981. The summed E-state index contributed by atoms with van der Waals surface area (Å²) in [5, 5.41) is 6.46. The molecule has 25 heavy (non-hydrogen) atoms. The van der Waals surface area contributed by atoms with Crippen LogP contribution in [0.5, 0.6) is 0 Å². The van der Waals surface area contributed by atoms with E-state index in [1.807, 2.05) is 49.6 Å². The fourth-order valence-electron chi connectivity index (χ4n) is 2.31. The molecule has 0 atom stereocenters. The number of hydrogen-bond acceptors (Lipinski definition) is 5. The van der Waals surface area contributed by atoms with Crippen molar-refractivity contribution in [1.29, 1.82) is 0 Å². The monoisotopic (exact) mass is 353 g/mol. The van der Waals surface area contributed by atoms with Crippen molar-refractivity contribution in [2.24, 2.45) is 0 Å². The highest BCUT2D eigenvalue weighted by Gasteiger charge is 2.23. The molecule has 0 unspecified atom stereocenters. The first-order valence-corrected chi connectivity index (χ1v) is 8.88. The molecule has 3 aromatic rings. The molecule has 0 aliphatic carbocycles. The van der Waals surface area contributed by atoms with E-state index in [1.54, 1.807) is 17.0 Å². The van der Waals surface area contributed by atoms with Crippen molar-refractivity contribution in [3.63, 3.8) is 0 Å². The van der Waals surface area contributed by atoms with E-state index >= 15 is 0 Å². The van der Waals surface area contributed by atoms with Crippen LogP contribution in [0.4, 0.5) is 5.13 Å². The summed E-state index contributed by atoms with van der Waals surface area (Å²) in [4.78, 5) is 19.0. The SMILES string of the molecule is C=CCN(C(=O)c1cc(C(C)C)on1)c1nc(-c2ccccc2)cs1. The molecular weight excluding hydrogens is 334 g/mol.